The summed E-state index contributed by atoms with van der Waals surface area (Å²) < 4.78 is 84.7. The van der Waals surface area contributed by atoms with E-state index in [-0.39, 0.29) is 54.1 Å². The first kappa shape index (κ1) is 96.5. The van der Waals surface area contributed by atoms with E-state index < -0.39 is 225 Å². The summed E-state index contributed by atoms with van der Waals surface area (Å²) in [6, 6.07) is 30.1. The van der Waals surface area contributed by atoms with Gasteiger partial charge >= 0.3 is 48.0 Å². The zero-order valence-electron chi connectivity index (χ0n) is 74.5. The highest BCUT2D eigenvalue weighted by Gasteiger charge is 2.81. The maximum Gasteiger partial charge on any atom is 0.408 e. The standard InChI is InChI=1S/2C45H57NO14.C3H6O/c2*1-24-28(57-39(51)33(48)32(26-17-13-11-14-18-26)46-40(52)60-41(3,4)5)22-45(53)37(58-38(50)27-19-15-12-16-20-27)35-43(8,36(49)34(55-10)31(24)42(45,6)7)29(54-9)21-30-44(35,23-56-30)59-25(2)47;1-3(2)4/h2*11-20,28-30,32-35,37,48,53H,21-23H2,1-10H3,(H,46,52);1-2H3/t2*28-,29-,30+,32-,33+,34+,35-,37-,43+,44-,45+;/m00./s1. The lowest BCUT2D eigenvalue weighted by Crippen LogP contribution is -2.82. The second-order valence-corrected chi connectivity index (χ2v) is 36.9. The quantitative estimate of drug-likeness (QED) is 0.0272. The predicted octanol–water partition coefficient (Wildman–Crippen LogP) is 9.73. The van der Waals surface area contributed by atoms with Gasteiger partial charge in [0, 0.05) is 78.8 Å². The first-order valence-electron chi connectivity index (χ1n) is 41.4. The number of hydrogen-bond donors (Lipinski definition) is 6. The van der Waals surface area contributed by atoms with Gasteiger partial charge in [-0.1, -0.05) is 125 Å². The zero-order chi connectivity index (χ0) is 91.9. The van der Waals surface area contributed by atoms with Crippen LogP contribution in [0.2, 0.25) is 0 Å². The van der Waals surface area contributed by atoms with Crippen molar-refractivity contribution in [2.45, 2.75) is 269 Å². The molecule has 4 saturated carbocycles. The summed E-state index contributed by atoms with van der Waals surface area (Å²) in [4.78, 5) is 150. The molecule has 0 radical (unpaired) electrons. The molecule has 4 bridgehead atoms. The number of amides is 2. The van der Waals surface area contributed by atoms with Gasteiger partial charge in [-0.3, -0.25) is 19.2 Å². The van der Waals surface area contributed by atoms with Gasteiger partial charge in [-0.15, -0.1) is 0 Å². The van der Waals surface area contributed by atoms with Crippen molar-refractivity contribution in [3.8, 4) is 0 Å². The number of aliphatic hydroxyl groups is 4. The maximum absolute atomic E-state index is 15.5. The fourth-order valence-corrected chi connectivity index (χ4v) is 20.1. The summed E-state index contributed by atoms with van der Waals surface area (Å²) in [5, 5.41) is 56.0. The predicted molar refractivity (Wildman–Crippen MR) is 443 cm³/mol. The van der Waals surface area contributed by atoms with Crippen LogP contribution >= 0.6 is 0 Å². The topological polar surface area (TPSA) is 422 Å². The third kappa shape index (κ3) is 18.0. The Bertz CT molecular complexity index is 4420. The molecule has 2 saturated heterocycles. The van der Waals surface area contributed by atoms with Crippen LogP contribution in [-0.2, 0) is 99.9 Å². The number of ether oxygens (including phenoxy) is 14. The Kier molecular flexibility index (Phi) is 28.6. The minimum absolute atomic E-state index is 0.121. The number of fused-ring (bicyclic) bond motifs is 10. The molecule has 6 N–H and O–H groups in total. The molecule has 2 aliphatic heterocycles. The second-order valence-electron chi connectivity index (χ2n) is 36.9. The number of Topliss-reactive ketones (excluding diaryl/α,β-unsaturated/α-hetero) is 3. The molecule has 8 aliphatic rings. The monoisotopic (exact) mass is 1730 g/mol. The van der Waals surface area contributed by atoms with E-state index in [4.69, 9.17) is 66.3 Å². The molecule has 22 atom stereocenters. The van der Waals surface area contributed by atoms with E-state index in [9.17, 15) is 63.6 Å². The summed E-state index contributed by atoms with van der Waals surface area (Å²) in [7, 11) is 5.57. The number of methoxy groups -OCH3 is 4. The summed E-state index contributed by atoms with van der Waals surface area (Å²) in [5.41, 5.74) is -13.4. The van der Waals surface area contributed by atoms with Crippen molar-refractivity contribution in [1.82, 2.24) is 10.6 Å². The van der Waals surface area contributed by atoms with Crippen LogP contribution in [0.3, 0.4) is 0 Å². The van der Waals surface area contributed by atoms with E-state index in [1.165, 1.54) is 56.1 Å². The smallest absolute Gasteiger partial charge is 0.408 e. The summed E-state index contributed by atoms with van der Waals surface area (Å²) in [6.45, 7) is 28.5. The summed E-state index contributed by atoms with van der Waals surface area (Å²) in [5.74, 6) is -8.88. The minimum atomic E-state index is -2.22. The van der Waals surface area contributed by atoms with E-state index in [0.717, 1.165) is 0 Å². The largest absolute Gasteiger partial charge is 0.456 e. The molecule has 0 unspecified atom stereocenters. The Morgan fingerprint density at radius 3 is 1.02 bits per heavy atom. The lowest BCUT2D eigenvalue weighted by molar-refractivity contribution is -0.347. The van der Waals surface area contributed by atoms with Crippen LogP contribution in [0.15, 0.2) is 144 Å². The molecule has 6 fully saturated rings. The minimum Gasteiger partial charge on any atom is -0.456 e. The summed E-state index contributed by atoms with van der Waals surface area (Å²) in [6.07, 6.45) is -18.6. The third-order valence-electron chi connectivity index (χ3n) is 26.1. The second kappa shape index (κ2) is 36.7. The molecule has 2 heterocycles. The van der Waals surface area contributed by atoms with Crippen molar-refractivity contribution < 1.29 is 139 Å². The van der Waals surface area contributed by atoms with Crippen LogP contribution in [0.1, 0.15) is 194 Å². The highest BCUT2D eigenvalue weighted by atomic mass is 16.7. The van der Waals surface area contributed by atoms with Crippen LogP contribution in [0.5, 0.6) is 0 Å². The van der Waals surface area contributed by atoms with Crippen molar-refractivity contribution in [3.05, 3.63) is 166 Å². The number of carbonyl (C=O) groups is 11. The van der Waals surface area contributed by atoms with Crippen molar-refractivity contribution in [2.24, 2.45) is 33.5 Å². The lowest BCUT2D eigenvalue weighted by Gasteiger charge is -2.67. The normalized spacial score (nSPS) is 32.1. The number of nitrogens with one attached hydrogen (secondary N) is 2. The van der Waals surface area contributed by atoms with Crippen molar-refractivity contribution in [3.63, 3.8) is 0 Å². The maximum atomic E-state index is 15.5. The van der Waals surface area contributed by atoms with Gasteiger partial charge in [0.2, 0.25) is 0 Å². The molecule has 6 aliphatic carbocycles. The van der Waals surface area contributed by atoms with E-state index >= 15 is 9.59 Å². The molecule has 12 rings (SSSR count). The Hall–Kier alpha value is -9.67. The molecule has 31 heteroatoms. The number of rotatable bonds is 20. The number of alkyl carbamates (subject to hydrolysis) is 2. The van der Waals surface area contributed by atoms with E-state index in [2.05, 4.69) is 10.6 Å². The number of benzene rings is 4. The molecular formula is C93H120N2O29. The highest BCUT2D eigenvalue weighted by molar-refractivity contribution is 5.96. The zero-order valence-corrected chi connectivity index (χ0v) is 74.5. The van der Waals surface area contributed by atoms with Gasteiger partial charge in [-0.2, -0.15) is 0 Å². The molecule has 0 spiro atoms. The van der Waals surface area contributed by atoms with Crippen LogP contribution in [0, 0.1) is 33.5 Å². The van der Waals surface area contributed by atoms with E-state index in [1.54, 1.807) is 218 Å². The van der Waals surface area contributed by atoms with Crippen molar-refractivity contribution in [1.29, 1.82) is 0 Å². The number of hydrogen-bond acceptors (Lipinski definition) is 29. The van der Waals surface area contributed by atoms with Gasteiger partial charge in [0.1, 0.15) is 77.0 Å². The van der Waals surface area contributed by atoms with Gasteiger partial charge in [0.25, 0.3) is 0 Å². The van der Waals surface area contributed by atoms with E-state index in [0.29, 0.717) is 22.3 Å². The summed E-state index contributed by atoms with van der Waals surface area (Å²) >= 11 is 0. The highest BCUT2D eigenvalue weighted by Crippen LogP contribution is 2.67. The third-order valence-corrected chi connectivity index (χ3v) is 26.1. The molecule has 4 aromatic carbocycles. The average Bonchev–Trinajstić information content (AvgIpc) is 0.671. The molecule has 31 nitrogen and oxygen atoms in total. The fraction of sp³-hybridized carbons (Fsp3) is 0.581. The molecule has 124 heavy (non-hydrogen) atoms. The van der Waals surface area contributed by atoms with Gasteiger partial charge < -0.3 is 102 Å². The van der Waals surface area contributed by atoms with Gasteiger partial charge in [-0.05, 0) is 141 Å². The Balaban J connectivity index is 0.000000249. The van der Waals surface area contributed by atoms with Crippen molar-refractivity contribution in [2.75, 3.05) is 41.7 Å². The SMILES string of the molecule is CC(C)=O.CO[C@H]1C(=O)[C@]2(C)[C@@H](OC)C[C@H]3OC[C@@]3(OC(C)=O)[C@H]2[C@H](OC(=O)c2ccccc2)[C@]2(O)C[C@H](OC(=O)[C@H](O)[C@@H](NC(=O)OC(C)(C)C)c3ccccc3)C(C)=C1C2(C)C.CO[C@H]1C(=O)[C@]2(C)[C@@H](OC)C[C@H]3OC[C@@]3(OC(C)=O)[C@H]2[C@H](OC(=O)c2ccccc2)[C@]2(O)C[C@H](OC(=O)[C@H](O)[C@@H](NC(=O)OC(C)(C)C)c3ccccc3)C(C)=C1C2(C)C. The fourth-order valence-electron chi connectivity index (χ4n) is 20.1. The molecular weight excluding hydrogens is 1610 g/mol. The molecule has 2 amide bonds. The number of esters is 6. The Labute approximate surface area is 722 Å². The lowest BCUT2D eigenvalue weighted by atomic mass is 9.44. The van der Waals surface area contributed by atoms with Crippen LogP contribution in [0.4, 0.5) is 9.59 Å². The Morgan fingerprint density at radius 2 is 0.758 bits per heavy atom. The van der Waals surface area contributed by atoms with Crippen LogP contribution in [0.25, 0.3) is 0 Å². The molecule has 4 aromatic rings. The van der Waals surface area contributed by atoms with Gasteiger partial charge in [0.05, 0.1) is 71.3 Å². The van der Waals surface area contributed by atoms with Crippen LogP contribution in [-0.4, -0.2) is 234 Å². The van der Waals surface area contributed by atoms with Crippen molar-refractivity contribution >= 4 is 65.4 Å². The average molecular weight is 1730 g/mol. The molecule has 0 aromatic heterocycles. The first-order chi connectivity index (χ1) is 57.9. The number of carbonyl (C=O) groups excluding carboxylic acids is 11. The first-order valence-corrected chi connectivity index (χ1v) is 41.4. The Morgan fingerprint density at radius 1 is 0.460 bits per heavy atom. The van der Waals surface area contributed by atoms with E-state index in [1.807, 2.05) is 0 Å². The number of ketones is 3. The number of aliphatic hydroxyl groups excluding tert-OH is 2. The van der Waals surface area contributed by atoms with Crippen LogP contribution < -0.4 is 10.6 Å². The molecule has 676 valence electrons. The van der Waals surface area contributed by atoms with Gasteiger partial charge in [-0.25, -0.2) is 28.8 Å². The van der Waals surface area contributed by atoms with Gasteiger partial charge in [0.15, 0.2) is 35.0 Å².